The molecule has 0 bridgehead atoms. The summed E-state index contributed by atoms with van der Waals surface area (Å²) in [6.45, 7) is 6.97. The molecule has 0 spiro atoms. The van der Waals surface area contributed by atoms with Crippen LogP contribution >= 0.6 is 0 Å². The lowest BCUT2D eigenvalue weighted by Gasteiger charge is -2.47. The molecule has 0 amide bonds. The summed E-state index contributed by atoms with van der Waals surface area (Å²) in [7, 11) is 0. The molecule has 1 aliphatic rings. The van der Waals surface area contributed by atoms with Crippen molar-refractivity contribution in [2.75, 3.05) is 19.7 Å². The molecular weight excluding hydrogens is 375 g/mol. The van der Waals surface area contributed by atoms with Crippen molar-refractivity contribution in [2.24, 2.45) is 5.41 Å². The van der Waals surface area contributed by atoms with E-state index < -0.39 is 28.4 Å². The molecule has 1 fully saturated rings. The number of aliphatic hydroxyl groups is 1. The summed E-state index contributed by atoms with van der Waals surface area (Å²) < 4.78 is 20.8. The predicted molar refractivity (Wildman–Crippen MR) is 108 cm³/mol. The van der Waals surface area contributed by atoms with Crippen LogP contribution in [0.5, 0.6) is 0 Å². The second-order valence-electron chi connectivity index (χ2n) is 8.11. The normalized spacial score (nSPS) is 21.0. The maximum Gasteiger partial charge on any atom is 0.340 e. The smallest absolute Gasteiger partial charge is 0.340 e. The zero-order valence-corrected chi connectivity index (χ0v) is 17.0. The standard InChI is InChI=1S/C22H27FN2O4/c1-4-29-20(27)17-12-25(14-22(28)9-10-24-13-21(22,2)3)19(26)11-16(17)15-7-5-6-8-18(15)23/h5-8,11-12,24,28H,4,9-10,13-14H2,1-3H3/t22-/m1/s1. The summed E-state index contributed by atoms with van der Waals surface area (Å²) >= 11 is 0. The zero-order valence-electron chi connectivity index (χ0n) is 17.0. The number of carbonyl (C=O) groups excluding carboxylic acids is 1. The number of halogens is 1. The molecule has 156 valence electrons. The van der Waals surface area contributed by atoms with Crippen LogP contribution in [0.2, 0.25) is 0 Å². The lowest BCUT2D eigenvalue weighted by molar-refractivity contribution is -0.0998. The lowest BCUT2D eigenvalue weighted by atomic mass is 9.70. The topological polar surface area (TPSA) is 80.6 Å². The Morgan fingerprint density at radius 2 is 2.03 bits per heavy atom. The lowest BCUT2D eigenvalue weighted by Crippen LogP contribution is -2.58. The van der Waals surface area contributed by atoms with Crippen LogP contribution in [0.15, 0.2) is 41.3 Å². The number of aromatic nitrogens is 1. The summed E-state index contributed by atoms with van der Waals surface area (Å²) in [5.41, 5.74) is -1.60. The minimum atomic E-state index is -1.13. The van der Waals surface area contributed by atoms with E-state index in [0.717, 1.165) is 0 Å². The molecule has 2 N–H and O–H groups in total. The van der Waals surface area contributed by atoms with E-state index in [2.05, 4.69) is 5.32 Å². The van der Waals surface area contributed by atoms with E-state index in [1.54, 1.807) is 19.1 Å². The SMILES string of the molecule is CCOC(=O)c1cn(C[C@]2(O)CCNCC2(C)C)c(=O)cc1-c1ccccc1F. The van der Waals surface area contributed by atoms with Gasteiger partial charge in [0.1, 0.15) is 5.82 Å². The number of hydrogen-bond donors (Lipinski definition) is 2. The van der Waals surface area contributed by atoms with Crippen molar-refractivity contribution >= 4 is 5.97 Å². The molecule has 29 heavy (non-hydrogen) atoms. The highest BCUT2D eigenvalue weighted by Crippen LogP contribution is 2.37. The van der Waals surface area contributed by atoms with Crippen molar-refractivity contribution in [3.8, 4) is 11.1 Å². The number of nitrogens with zero attached hydrogens (tertiary/aromatic N) is 1. The number of carbonyl (C=O) groups is 1. The summed E-state index contributed by atoms with van der Waals surface area (Å²) in [5, 5.41) is 14.5. The van der Waals surface area contributed by atoms with Crippen LogP contribution in [0.3, 0.4) is 0 Å². The van der Waals surface area contributed by atoms with Crippen LogP contribution in [-0.2, 0) is 11.3 Å². The number of pyridine rings is 1. The molecule has 1 aromatic heterocycles. The van der Waals surface area contributed by atoms with Gasteiger partial charge in [-0.1, -0.05) is 32.0 Å². The van der Waals surface area contributed by atoms with Gasteiger partial charge in [-0.2, -0.15) is 0 Å². The van der Waals surface area contributed by atoms with Crippen molar-refractivity contribution in [3.05, 3.63) is 58.3 Å². The number of benzene rings is 1. The minimum Gasteiger partial charge on any atom is -0.462 e. The van der Waals surface area contributed by atoms with E-state index in [1.165, 1.54) is 29.0 Å². The number of ether oxygens (including phenoxy) is 1. The van der Waals surface area contributed by atoms with Crippen LogP contribution in [-0.4, -0.2) is 40.9 Å². The van der Waals surface area contributed by atoms with Gasteiger partial charge in [0.15, 0.2) is 0 Å². The highest BCUT2D eigenvalue weighted by Gasteiger charge is 2.45. The number of piperidine rings is 1. The molecule has 1 saturated heterocycles. The molecule has 0 saturated carbocycles. The number of hydrogen-bond acceptors (Lipinski definition) is 5. The summed E-state index contributed by atoms with van der Waals surface area (Å²) in [4.78, 5) is 25.4. The van der Waals surface area contributed by atoms with Gasteiger partial charge in [-0.3, -0.25) is 4.79 Å². The molecule has 7 heteroatoms. The third-order valence-electron chi connectivity index (χ3n) is 5.76. The molecule has 6 nitrogen and oxygen atoms in total. The van der Waals surface area contributed by atoms with Gasteiger partial charge in [0.25, 0.3) is 5.56 Å². The summed E-state index contributed by atoms with van der Waals surface area (Å²) in [6.07, 6.45) is 1.84. The first kappa shape index (κ1) is 21.2. The fourth-order valence-corrected chi connectivity index (χ4v) is 3.74. The molecule has 2 heterocycles. The third-order valence-corrected chi connectivity index (χ3v) is 5.76. The maximum absolute atomic E-state index is 14.4. The highest BCUT2D eigenvalue weighted by atomic mass is 19.1. The van der Waals surface area contributed by atoms with E-state index in [4.69, 9.17) is 4.74 Å². The van der Waals surface area contributed by atoms with Crippen LogP contribution in [0.25, 0.3) is 11.1 Å². The van der Waals surface area contributed by atoms with Crippen LogP contribution in [0.4, 0.5) is 4.39 Å². The van der Waals surface area contributed by atoms with Crippen molar-refractivity contribution < 1.29 is 19.0 Å². The van der Waals surface area contributed by atoms with Gasteiger partial charge >= 0.3 is 5.97 Å². The molecule has 3 rings (SSSR count). The Hall–Kier alpha value is -2.51. The average Bonchev–Trinajstić information content (AvgIpc) is 2.66. The molecule has 0 aliphatic carbocycles. The number of nitrogens with one attached hydrogen (secondary N) is 1. The molecule has 2 aromatic rings. The van der Waals surface area contributed by atoms with Crippen molar-refractivity contribution in [2.45, 2.75) is 39.3 Å². The van der Waals surface area contributed by atoms with Crippen molar-refractivity contribution in [3.63, 3.8) is 0 Å². The molecule has 1 aliphatic heterocycles. The van der Waals surface area contributed by atoms with Crippen LogP contribution in [0.1, 0.15) is 37.6 Å². The Balaban J connectivity index is 2.11. The monoisotopic (exact) mass is 402 g/mol. The fraction of sp³-hybridized carbons (Fsp3) is 0.455. The Labute approximate surface area is 169 Å². The molecular formula is C22H27FN2O4. The summed E-state index contributed by atoms with van der Waals surface area (Å²) in [5.74, 6) is -1.18. The first-order valence-electron chi connectivity index (χ1n) is 9.78. The van der Waals surface area contributed by atoms with E-state index >= 15 is 0 Å². The van der Waals surface area contributed by atoms with E-state index in [9.17, 15) is 19.1 Å². The van der Waals surface area contributed by atoms with Crippen LogP contribution < -0.4 is 10.9 Å². The van der Waals surface area contributed by atoms with Gasteiger partial charge in [-0.05, 0) is 26.0 Å². The Morgan fingerprint density at radius 1 is 1.31 bits per heavy atom. The van der Waals surface area contributed by atoms with Gasteiger partial charge < -0.3 is 19.7 Å². The molecule has 0 unspecified atom stereocenters. The third kappa shape index (κ3) is 4.11. The number of esters is 1. The van der Waals surface area contributed by atoms with Gasteiger partial charge in [0.05, 0.1) is 24.3 Å². The van der Waals surface area contributed by atoms with Crippen LogP contribution in [0, 0.1) is 11.2 Å². The summed E-state index contributed by atoms with van der Waals surface area (Å²) in [6, 6.07) is 7.21. The van der Waals surface area contributed by atoms with Gasteiger partial charge in [-0.15, -0.1) is 0 Å². The number of rotatable bonds is 5. The average molecular weight is 402 g/mol. The van der Waals surface area contributed by atoms with Gasteiger partial charge in [0, 0.05) is 35.3 Å². The largest absolute Gasteiger partial charge is 0.462 e. The molecule has 0 radical (unpaired) electrons. The molecule has 1 aromatic carbocycles. The first-order valence-corrected chi connectivity index (χ1v) is 9.78. The Morgan fingerprint density at radius 3 is 2.69 bits per heavy atom. The molecule has 1 atom stereocenters. The predicted octanol–water partition coefficient (Wildman–Crippen LogP) is 2.58. The van der Waals surface area contributed by atoms with Gasteiger partial charge in [0.2, 0.25) is 0 Å². The van der Waals surface area contributed by atoms with E-state index in [0.29, 0.717) is 19.5 Å². The minimum absolute atomic E-state index is 0.0322. The van der Waals surface area contributed by atoms with Crippen molar-refractivity contribution in [1.82, 2.24) is 9.88 Å². The van der Waals surface area contributed by atoms with Crippen molar-refractivity contribution in [1.29, 1.82) is 0 Å². The Bertz CT molecular complexity index is 970. The zero-order chi connectivity index (χ0) is 21.2. The van der Waals surface area contributed by atoms with E-state index in [1.807, 2.05) is 13.8 Å². The first-order chi connectivity index (χ1) is 13.7. The fourth-order valence-electron chi connectivity index (χ4n) is 3.74. The second-order valence-corrected chi connectivity index (χ2v) is 8.11. The Kier molecular flexibility index (Phi) is 5.91. The van der Waals surface area contributed by atoms with E-state index in [-0.39, 0.29) is 29.8 Å². The second kappa shape index (κ2) is 8.08. The highest BCUT2D eigenvalue weighted by molar-refractivity contribution is 5.97. The van der Waals surface area contributed by atoms with Gasteiger partial charge in [-0.25, -0.2) is 9.18 Å². The quantitative estimate of drug-likeness (QED) is 0.752. The maximum atomic E-state index is 14.4.